The van der Waals surface area contributed by atoms with Crippen molar-refractivity contribution >= 4 is 10.8 Å². The van der Waals surface area contributed by atoms with Crippen LogP contribution in [0.4, 0.5) is 0 Å². The van der Waals surface area contributed by atoms with Gasteiger partial charge in [0.1, 0.15) is 11.9 Å². The summed E-state index contributed by atoms with van der Waals surface area (Å²) in [6, 6.07) is 8.73. The van der Waals surface area contributed by atoms with Crippen molar-refractivity contribution in [3.05, 3.63) is 41.0 Å². The summed E-state index contributed by atoms with van der Waals surface area (Å²) in [6.07, 6.45) is 1.32. The van der Waals surface area contributed by atoms with Crippen molar-refractivity contribution in [1.82, 2.24) is 0 Å². The lowest BCUT2D eigenvalue weighted by atomic mass is 9.80. The minimum absolute atomic E-state index is 0.113. The lowest BCUT2D eigenvalue weighted by Gasteiger charge is -2.26. The summed E-state index contributed by atoms with van der Waals surface area (Å²) in [6.45, 7) is 11.2. The van der Waals surface area contributed by atoms with Crippen molar-refractivity contribution in [2.24, 2.45) is 0 Å². The predicted molar refractivity (Wildman–Crippen MR) is 81.2 cm³/mol. The van der Waals surface area contributed by atoms with Crippen molar-refractivity contribution in [1.29, 1.82) is 0 Å². The molecule has 0 amide bonds. The third-order valence-electron chi connectivity index (χ3n) is 4.09. The van der Waals surface area contributed by atoms with Gasteiger partial charge in [-0.3, -0.25) is 0 Å². The van der Waals surface area contributed by atoms with E-state index in [-0.39, 0.29) is 5.41 Å². The number of rotatable bonds is 0. The highest BCUT2D eigenvalue weighted by Crippen LogP contribution is 2.45. The van der Waals surface area contributed by atoms with E-state index in [4.69, 9.17) is 4.74 Å². The molecule has 100 valence electrons. The molecule has 1 heterocycles. The van der Waals surface area contributed by atoms with Gasteiger partial charge in [-0.2, -0.15) is 0 Å². The van der Waals surface area contributed by atoms with E-state index in [2.05, 4.69) is 58.9 Å². The standard InChI is InChI=1S/C18H22O/c1-11-10-15-14-9-7-6-8-13(14)12(2)16(17(15)19-11)18(3,4)5/h6-9,11H,10H2,1-5H3. The summed E-state index contributed by atoms with van der Waals surface area (Å²) in [5, 5.41) is 2.75. The van der Waals surface area contributed by atoms with Gasteiger partial charge in [0.25, 0.3) is 0 Å². The second-order valence-corrected chi connectivity index (χ2v) is 6.74. The number of aryl methyl sites for hydroxylation is 1. The molecule has 1 aliphatic rings. The molecule has 0 saturated heterocycles. The SMILES string of the molecule is Cc1c(C(C)(C)C)c2c(c3ccccc13)CC(C)O2. The fourth-order valence-corrected chi connectivity index (χ4v) is 3.42. The van der Waals surface area contributed by atoms with Crippen LogP contribution in [-0.4, -0.2) is 6.10 Å². The second-order valence-electron chi connectivity index (χ2n) is 6.74. The lowest BCUT2D eigenvalue weighted by Crippen LogP contribution is -2.16. The molecule has 1 unspecified atom stereocenters. The van der Waals surface area contributed by atoms with Crippen molar-refractivity contribution < 1.29 is 4.74 Å². The van der Waals surface area contributed by atoms with Crippen LogP contribution in [0.2, 0.25) is 0 Å². The number of ether oxygens (including phenoxy) is 1. The Kier molecular flexibility index (Phi) is 2.63. The van der Waals surface area contributed by atoms with E-state index < -0.39 is 0 Å². The van der Waals surface area contributed by atoms with Crippen LogP contribution in [0.15, 0.2) is 24.3 Å². The van der Waals surface area contributed by atoms with Crippen molar-refractivity contribution in [3.63, 3.8) is 0 Å². The molecule has 1 nitrogen and oxygen atoms in total. The summed E-state index contributed by atoms with van der Waals surface area (Å²) < 4.78 is 6.15. The maximum absolute atomic E-state index is 6.15. The molecule has 19 heavy (non-hydrogen) atoms. The highest BCUT2D eigenvalue weighted by Gasteiger charge is 2.31. The van der Waals surface area contributed by atoms with E-state index in [9.17, 15) is 0 Å². The van der Waals surface area contributed by atoms with Crippen LogP contribution in [0.25, 0.3) is 10.8 Å². The Morgan fingerprint density at radius 2 is 1.74 bits per heavy atom. The zero-order valence-electron chi connectivity index (χ0n) is 12.5. The molecular formula is C18H22O. The van der Waals surface area contributed by atoms with E-state index in [1.54, 1.807) is 0 Å². The minimum atomic E-state index is 0.113. The van der Waals surface area contributed by atoms with Crippen molar-refractivity contribution in [2.75, 3.05) is 0 Å². The Hall–Kier alpha value is -1.50. The van der Waals surface area contributed by atoms with Gasteiger partial charge in [0, 0.05) is 17.5 Å². The number of fused-ring (bicyclic) bond motifs is 3. The average Bonchev–Trinajstić information content (AvgIpc) is 2.69. The van der Waals surface area contributed by atoms with Crippen LogP contribution in [0.5, 0.6) is 5.75 Å². The fraction of sp³-hybridized carbons (Fsp3) is 0.444. The highest BCUT2D eigenvalue weighted by molar-refractivity contribution is 5.93. The first-order valence-corrected chi connectivity index (χ1v) is 7.11. The van der Waals surface area contributed by atoms with E-state index in [1.165, 1.54) is 27.5 Å². The van der Waals surface area contributed by atoms with Crippen LogP contribution in [0, 0.1) is 6.92 Å². The largest absolute Gasteiger partial charge is 0.490 e. The Labute approximate surface area is 115 Å². The molecular weight excluding hydrogens is 232 g/mol. The summed E-state index contributed by atoms with van der Waals surface area (Å²) in [5.41, 5.74) is 4.27. The van der Waals surface area contributed by atoms with Gasteiger partial charge in [0.15, 0.2) is 0 Å². The summed E-state index contributed by atoms with van der Waals surface area (Å²) in [5.74, 6) is 1.15. The predicted octanol–water partition coefficient (Wildman–Crippen LogP) is 4.77. The molecule has 0 radical (unpaired) electrons. The van der Waals surface area contributed by atoms with E-state index in [0.29, 0.717) is 6.10 Å². The van der Waals surface area contributed by atoms with Gasteiger partial charge in [-0.25, -0.2) is 0 Å². The topological polar surface area (TPSA) is 9.23 Å². The van der Waals surface area contributed by atoms with Crippen LogP contribution in [0.1, 0.15) is 44.4 Å². The normalized spacial score (nSPS) is 18.5. The first kappa shape index (κ1) is 12.5. The van der Waals surface area contributed by atoms with E-state index >= 15 is 0 Å². The molecule has 3 rings (SSSR count). The molecule has 2 aromatic rings. The van der Waals surface area contributed by atoms with Crippen LogP contribution >= 0.6 is 0 Å². The first-order chi connectivity index (χ1) is 8.89. The molecule has 0 aliphatic carbocycles. The highest BCUT2D eigenvalue weighted by atomic mass is 16.5. The van der Waals surface area contributed by atoms with Crippen LogP contribution in [0.3, 0.4) is 0 Å². The van der Waals surface area contributed by atoms with Crippen molar-refractivity contribution in [2.45, 2.75) is 52.6 Å². The summed E-state index contributed by atoms with van der Waals surface area (Å²) in [7, 11) is 0. The van der Waals surface area contributed by atoms with Gasteiger partial charge in [-0.1, -0.05) is 45.0 Å². The fourth-order valence-electron chi connectivity index (χ4n) is 3.42. The van der Waals surface area contributed by atoms with Gasteiger partial charge >= 0.3 is 0 Å². The zero-order valence-corrected chi connectivity index (χ0v) is 12.5. The molecule has 1 atom stereocenters. The number of hydrogen-bond donors (Lipinski definition) is 0. The van der Waals surface area contributed by atoms with Gasteiger partial charge in [-0.05, 0) is 35.6 Å². The molecule has 1 heteroatoms. The monoisotopic (exact) mass is 254 g/mol. The third-order valence-corrected chi connectivity index (χ3v) is 4.09. The van der Waals surface area contributed by atoms with E-state index in [0.717, 1.165) is 12.2 Å². The maximum atomic E-state index is 6.15. The van der Waals surface area contributed by atoms with E-state index in [1.807, 2.05) is 0 Å². The second kappa shape index (κ2) is 4.00. The smallest absolute Gasteiger partial charge is 0.127 e. The summed E-state index contributed by atoms with van der Waals surface area (Å²) >= 11 is 0. The van der Waals surface area contributed by atoms with Gasteiger partial charge in [0.05, 0.1) is 0 Å². The molecule has 0 N–H and O–H groups in total. The molecule has 0 fully saturated rings. The molecule has 0 bridgehead atoms. The number of hydrogen-bond acceptors (Lipinski definition) is 1. The van der Waals surface area contributed by atoms with Crippen LogP contribution in [-0.2, 0) is 11.8 Å². The Balaban J connectivity index is 2.45. The average molecular weight is 254 g/mol. The van der Waals surface area contributed by atoms with Gasteiger partial charge in [-0.15, -0.1) is 0 Å². The third kappa shape index (κ3) is 1.83. The molecule has 0 spiro atoms. The van der Waals surface area contributed by atoms with Crippen LogP contribution < -0.4 is 4.74 Å². The quantitative estimate of drug-likeness (QED) is 0.658. The molecule has 2 aromatic carbocycles. The van der Waals surface area contributed by atoms with Gasteiger partial charge < -0.3 is 4.74 Å². The maximum Gasteiger partial charge on any atom is 0.127 e. The first-order valence-electron chi connectivity index (χ1n) is 7.11. The molecule has 0 aromatic heterocycles. The van der Waals surface area contributed by atoms with Gasteiger partial charge in [0.2, 0.25) is 0 Å². The Morgan fingerprint density at radius 3 is 2.37 bits per heavy atom. The Bertz CT molecular complexity index is 647. The zero-order chi connectivity index (χ0) is 13.8. The number of benzene rings is 2. The lowest BCUT2D eigenvalue weighted by molar-refractivity contribution is 0.249. The summed E-state index contributed by atoms with van der Waals surface area (Å²) in [4.78, 5) is 0. The Morgan fingerprint density at radius 1 is 1.11 bits per heavy atom. The molecule has 0 saturated carbocycles. The van der Waals surface area contributed by atoms with Crippen molar-refractivity contribution in [3.8, 4) is 5.75 Å². The molecule has 1 aliphatic heterocycles. The minimum Gasteiger partial charge on any atom is -0.490 e.